The smallest absolute Gasteiger partial charge is 0.257 e. The van der Waals surface area contributed by atoms with Crippen molar-refractivity contribution >= 4 is 0 Å². The van der Waals surface area contributed by atoms with Crippen molar-refractivity contribution in [2.45, 2.75) is 26.4 Å². The molecule has 2 nitrogen and oxygen atoms in total. The van der Waals surface area contributed by atoms with Gasteiger partial charge in [-0.1, -0.05) is 6.92 Å². The molecular weight excluding hydrogens is 181 g/mol. The summed E-state index contributed by atoms with van der Waals surface area (Å²) in [5.41, 5.74) is -0.602. The molecule has 0 spiro atoms. The topological polar surface area (TPSA) is 25.8 Å². The van der Waals surface area contributed by atoms with Crippen LogP contribution >= 0.6 is 0 Å². The van der Waals surface area contributed by atoms with E-state index in [2.05, 4.69) is 9.97 Å². The fourth-order valence-corrected chi connectivity index (χ4v) is 0.925. The molecule has 0 saturated heterocycles. The van der Waals surface area contributed by atoms with Crippen molar-refractivity contribution in [3.8, 4) is 0 Å². The third kappa shape index (κ3) is 2.17. The van der Waals surface area contributed by atoms with E-state index in [0.717, 1.165) is 0 Å². The maximum absolute atomic E-state index is 12.3. The van der Waals surface area contributed by atoms with Gasteiger partial charge in [-0.2, -0.15) is 13.2 Å². The summed E-state index contributed by atoms with van der Waals surface area (Å²) in [6.45, 7) is 3.04. The van der Waals surface area contributed by atoms with Crippen molar-refractivity contribution < 1.29 is 13.2 Å². The third-order valence-corrected chi connectivity index (χ3v) is 1.64. The number of rotatable bonds is 1. The van der Waals surface area contributed by atoms with E-state index in [1.165, 1.54) is 13.1 Å². The van der Waals surface area contributed by atoms with Crippen LogP contribution in [0.2, 0.25) is 0 Å². The highest BCUT2D eigenvalue weighted by Gasteiger charge is 2.35. The van der Waals surface area contributed by atoms with Crippen molar-refractivity contribution in [2.75, 3.05) is 0 Å². The van der Waals surface area contributed by atoms with Crippen LogP contribution in [0.25, 0.3) is 0 Å². The largest absolute Gasteiger partial charge is 0.435 e. The Hall–Kier alpha value is -1.13. The average Bonchev–Trinajstić information content (AvgIpc) is 2.03. The zero-order valence-corrected chi connectivity index (χ0v) is 7.31. The van der Waals surface area contributed by atoms with Crippen LogP contribution in [0.15, 0.2) is 6.20 Å². The number of hydrogen-bond donors (Lipinski definition) is 0. The molecule has 0 aliphatic heterocycles. The predicted octanol–water partition coefficient (Wildman–Crippen LogP) is 2.37. The molecule has 1 heterocycles. The molecule has 0 aliphatic carbocycles. The first-order valence-electron chi connectivity index (χ1n) is 3.85. The monoisotopic (exact) mass is 190 g/mol. The molecule has 0 fully saturated rings. The molecule has 0 N–H and O–H groups in total. The zero-order valence-electron chi connectivity index (χ0n) is 7.31. The third-order valence-electron chi connectivity index (χ3n) is 1.64. The van der Waals surface area contributed by atoms with Crippen LogP contribution < -0.4 is 0 Å². The molecule has 1 rings (SSSR count). The molecule has 0 amide bonds. The number of hydrogen-bond acceptors (Lipinski definition) is 2. The predicted molar refractivity (Wildman–Crippen MR) is 41.1 cm³/mol. The minimum Gasteiger partial charge on any atom is -0.257 e. The normalized spacial score (nSPS) is 11.8. The van der Waals surface area contributed by atoms with Crippen LogP contribution in [-0.2, 0) is 12.6 Å². The van der Waals surface area contributed by atoms with Crippen molar-refractivity contribution in [2.24, 2.45) is 0 Å². The molecule has 0 unspecified atom stereocenters. The Morgan fingerprint density at radius 3 is 2.46 bits per heavy atom. The van der Waals surface area contributed by atoms with Gasteiger partial charge in [0.05, 0.1) is 11.4 Å². The Bertz CT molecular complexity index is 307. The number of aryl methyl sites for hydroxylation is 2. The molecule has 0 saturated carbocycles. The zero-order chi connectivity index (χ0) is 10.1. The molecule has 0 aliphatic rings. The Labute approximate surface area is 73.8 Å². The van der Waals surface area contributed by atoms with E-state index in [-0.39, 0.29) is 5.69 Å². The van der Waals surface area contributed by atoms with E-state index >= 15 is 0 Å². The first-order valence-corrected chi connectivity index (χ1v) is 3.85. The molecule has 5 heteroatoms. The van der Waals surface area contributed by atoms with E-state index in [0.29, 0.717) is 12.1 Å². The molecule has 0 radical (unpaired) electrons. The standard InChI is InChI=1S/C8H9F3N2/c1-3-6-4-12-5(2)7(13-6)8(9,10)11/h4H,3H2,1-2H3. The van der Waals surface area contributed by atoms with Crippen LogP contribution in [0.5, 0.6) is 0 Å². The van der Waals surface area contributed by atoms with Crippen LogP contribution in [0.4, 0.5) is 13.2 Å². The fourth-order valence-electron chi connectivity index (χ4n) is 0.925. The van der Waals surface area contributed by atoms with Gasteiger partial charge in [0, 0.05) is 6.20 Å². The molecular formula is C8H9F3N2. The summed E-state index contributed by atoms with van der Waals surface area (Å²) in [6.07, 6.45) is -2.58. The van der Waals surface area contributed by atoms with Gasteiger partial charge in [-0.3, -0.25) is 4.98 Å². The van der Waals surface area contributed by atoms with Gasteiger partial charge in [0.1, 0.15) is 0 Å². The highest BCUT2D eigenvalue weighted by atomic mass is 19.4. The van der Waals surface area contributed by atoms with Gasteiger partial charge in [-0.15, -0.1) is 0 Å². The Balaban J connectivity index is 3.19. The molecule has 0 atom stereocenters. The van der Waals surface area contributed by atoms with E-state index in [1.807, 2.05) is 0 Å². The number of alkyl halides is 3. The Morgan fingerprint density at radius 1 is 1.38 bits per heavy atom. The average molecular weight is 190 g/mol. The first-order chi connectivity index (χ1) is 5.95. The van der Waals surface area contributed by atoms with E-state index < -0.39 is 11.9 Å². The molecule has 0 bridgehead atoms. The minimum atomic E-state index is -4.40. The lowest BCUT2D eigenvalue weighted by atomic mass is 10.3. The SMILES string of the molecule is CCc1cnc(C)c(C(F)(F)F)n1. The highest BCUT2D eigenvalue weighted by molar-refractivity contribution is 5.15. The quantitative estimate of drug-likeness (QED) is 0.679. The number of aromatic nitrogens is 2. The van der Waals surface area contributed by atoms with Gasteiger partial charge < -0.3 is 0 Å². The molecule has 1 aromatic heterocycles. The van der Waals surface area contributed by atoms with Gasteiger partial charge in [0.25, 0.3) is 0 Å². The van der Waals surface area contributed by atoms with Crippen LogP contribution in [-0.4, -0.2) is 9.97 Å². The summed E-state index contributed by atoms with van der Waals surface area (Å²) >= 11 is 0. The molecule has 13 heavy (non-hydrogen) atoms. The summed E-state index contributed by atoms with van der Waals surface area (Å²) in [5, 5.41) is 0. The highest BCUT2D eigenvalue weighted by Crippen LogP contribution is 2.29. The van der Waals surface area contributed by atoms with E-state index in [9.17, 15) is 13.2 Å². The van der Waals surface area contributed by atoms with E-state index in [1.54, 1.807) is 6.92 Å². The Kier molecular flexibility index (Phi) is 2.54. The van der Waals surface area contributed by atoms with Gasteiger partial charge in [0.15, 0.2) is 5.69 Å². The second-order valence-electron chi connectivity index (χ2n) is 2.65. The minimum absolute atomic E-state index is 0.0790. The van der Waals surface area contributed by atoms with Crippen molar-refractivity contribution in [3.05, 3.63) is 23.3 Å². The summed E-state index contributed by atoms with van der Waals surface area (Å²) in [5.74, 6) is 0. The van der Waals surface area contributed by atoms with Gasteiger partial charge in [0.2, 0.25) is 0 Å². The summed E-state index contributed by atoms with van der Waals surface area (Å²) in [6, 6.07) is 0. The van der Waals surface area contributed by atoms with Gasteiger partial charge in [-0.05, 0) is 13.3 Å². The lowest BCUT2D eigenvalue weighted by Gasteiger charge is -2.08. The maximum Gasteiger partial charge on any atom is 0.435 e. The van der Waals surface area contributed by atoms with Crippen LogP contribution in [0.1, 0.15) is 24.0 Å². The summed E-state index contributed by atoms with van der Waals surface area (Å²) in [4.78, 5) is 7.11. The molecule has 72 valence electrons. The number of nitrogens with zero attached hydrogens (tertiary/aromatic N) is 2. The van der Waals surface area contributed by atoms with E-state index in [4.69, 9.17) is 0 Å². The fraction of sp³-hybridized carbons (Fsp3) is 0.500. The van der Waals surface area contributed by atoms with Crippen molar-refractivity contribution in [1.29, 1.82) is 0 Å². The number of halogens is 3. The van der Waals surface area contributed by atoms with Crippen LogP contribution in [0, 0.1) is 6.92 Å². The van der Waals surface area contributed by atoms with Crippen molar-refractivity contribution in [3.63, 3.8) is 0 Å². The summed E-state index contributed by atoms with van der Waals surface area (Å²) in [7, 11) is 0. The lowest BCUT2D eigenvalue weighted by Crippen LogP contribution is -2.13. The second kappa shape index (κ2) is 3.32. The molecule has 0 aromatic carbocycles. The second-order valence-corrected chi connectivity index (χ2v) is 2.65. The lowest BCUT2D eigenvalue weighted by molar-refractivity contribution is -0.142. The summed E-state index contributed by atoms with van der Waals surface area (Å²) < 4.78 is 36.8. The first kappa shape index (κ1) is 9.95. The Morgan fingerprint density at radius 2 is 2.00 bits per heavy atom. The van der Waals surface area contributed by atoms with Gasteiger partial charge >= 0.3 is 6.18 Å². The molecule has 1 aromatic rings. The van der Waals surface area contributed by atoms with Crippen molar-refractivity contribution in [1.82, 2.24) is 9.97 Å². The maximum atomic E-state index is 12.3. The van der Waals surface area contributed by atoms with Crippen LogP contribution in [0.3, 0.4) is 0 Å². The van der Waals surface area contributed by atoms with Gasteiger partial charge in [-0.25, -0.2) is 4.98 Å².